The molecule has 0 fully saturated rings. The molecule has 156 valence electrons. The molecular formula is C23H15ClFNO5. The van der Waals surface area contributed by atoms with Gasteiger partial charge in [0.2, 0.25) is 5.88 Å². The van der Waals surface area contributed by atoms with E-state index in [4.69, 9.17) is 20.8 Å². The first kappa shape index (κ1) is 20.4. The summed E-state index contributed by atoms with van der Waals surface area (Å²) >= 11 is 5.93. The van der Waals surface area contributed by atoms with Crippen molar-refractivity contribution in [1.82, 2.24) is 0 Å². The topological polar surface area (TPSA) is 80.0 Å². The third-order valence-corrected chi connectivity index (χ3v) is 4.92. The van der Waals surface area contributed by atoms with Gasteiger partial charge in [-0.1, -0.05) is 29.8 Å². The summed E-state index contributed by atoms with van der Waals surface area (Å²) < 4.78 is 23.9. The third kappa shape index (κ3) is 3.95. The lowest BCUT2D eigenvalue weighted by molar-refractivity contribution is 0.0697. The number of rotatable bonds is 4. The van der Waals surface area contributed by atoms with Crippen molar-refractivity contribution in [3.8, 4) is 11.1 Å². The number of carboxylic acids is 1. The highest BCUT2D eigenvalue weighted by molar-refractivity contribution is 6.31. The van der Waals surface area contributed by atoms with Crippen molar-refractivity contribution >= 4 is 46.2 Å². The first-order chi connectivity index (χ1) is 14.9. The van der Waals surface area contributed by atoms with Gasteiger partial charge in [-0.3, -0.25) is 0 Å². The number of hydrogen-bond donors (Lipinski definition) is 1. The van der Waals surface area contributed by atoms with Gasteiger partial charge in [-0.25, -0.2) is 18.9 Å². The normalized spacial score (nSPS) is 10.8. The van der Waals surface area contributed by atoms with E-state index in [0.29, 0.717) is 11.0 Å². The Balaban J connectivity index is 1.83. The number of ether oxygens (including phenoxy) is 1. The Bertz CT molecular complexity index is 1300. The van der Waals surface area contributed by atoms with Crippen LogP contribution in [0.1, 0.15) is 10.4 Å². The highest BCUT2D eigenvalue weighted by atomic mass is 35.5. The predicted octanol–water partition coefficient (Wildman–Crippen LogP) is 6.50. The van der Waals surface area contributed by atoms with Gasteiger partial charge in [-0.2, -0.15) is 0 Å². The molecule has 8 heteroatoms. The number of carbonyl (C=O) groups excluding carboxylic acids is 1. The van der Waals surface area contributed by atoms with E-state index in [1.807, 2.05) is 6.07 Å². The van der Waals surface area contributed by atoms with Gasteiger partial charge in [0.05, 0.1) is 18.4 Å². The van der Waals surface area contributed by atoms with Crippen LogP contribution in [0, 0.1) is 5.82 Å². The fourth-order valence-corrected chi connectivity index (χ4v) is 3.41. The molecule has 0 radical (unpaired) electrons. The maximum atomic E-state index is 13.2. The van der Waals surface area contributed by atoms with Crippen LogP contribution in [-0.2, 0) is 4.74 Å². The van der Waals surface area contributed by atoms with Gasteiger partial charge in [0.25, 0.3) is 0 Å². The van der Waals surface area contributed by atoms with Gasteiger partial charge >= 0.3 is 12.1 Å². The Labute approximate surface area is 181 Å². The van der Waals surface area contributed by atoms with Crippen LogP contribution in [0.3, 0.4) is 0 Å². The molecule has 4 aromatic rings. The SMILES string of the molecule is COC(=O)N(c1cc2cc(-c3ccc(F)cc3)ccc2o1)c1ccc(Cl)cc1C(=O)O. The van der Waals surface area contributed by atoms with Gasteiger partial charge in [0.1, 0.15) is 11.4 Å². The van der Waals surface area contributed by atoms with E-state index in [1.165, 1.54) is 37.4 Å². The molecule has 0 bridgehead atoms. The van der Waals surface area contributed by atoms with Gasteiger partial charge < -0.3 is 14.3 Å². The molecule has 0 saturated carbocycles. The third-order valence-electron chi connectivity index (χ3n) is 4.69. The van der Waals surface area contributed by atoms with Crippen molar-refractivity contribution in [3.05, 3.63) is 83.1 Å². The number of anilines is 2. The number of nitrogens with zero attached hydrogens (tertiary/aromatic N) is 1. The number of halogens is 2. The molecule has 1 amide bonds. The van der Waals surface area contributed by atoms with Gasteiger partial charge in [0.15, 0.2) is 0 Å². The van der Waals surface area contributed by atoms with E-state index >= 15 is 0 Å². The van der Waals surface area contributed by atoms with Crippen LogP contribution in [0.15, 0.2) is 71.1 Å². The maximum Gasteiger partial charge on any atom is 0.421 e. The van der Waals surface area contributed by atoms with Crippen molar-refractivity contribution in [2.24, 2.45) is 0 Å². The number of methoxy groups -OCH3 is 1. The number of carboxylic acid groups (broad SMARTS) is 1. The second kappa shape index (κ2) is 8.12. The highest BCUT2D eigenvalue weighted by Crippen LogP contribution is 2.36. The van der Waals surface area contributed by atoms with Crippen molar-refractivity contribution < 1.29 is 28.2 Å². The number of amides is 1. The summed E-state index contributed by atoms with van der Waals surface area (Å²) in [7, 11) is 1.18. The Hall–Kier alpha value is -3.84. The monoisotopic (exact) mass is 439 g/mol. The predicted molar refractivity (Wildman–Crippen MR) is 115 cm³/mol. The second-order valence-corrected chi connectivity index (χ2v) is 7.05. The van der Waals surface area contributed by atoms with E-state index in [1.54, 1.807) is 30.3 Å². The first-order valence-corrected chi connectivity index (χ1v) is 9.45. The summed E-state index contributed by atoms with van der Waals surface area (Å²) in [6, 6.07) is 17.1. The van der Waals surface area contributed by atoms with Crippen LogP contribution in [0.25, 0.3) is 22.1 Å². The summed E-state index contributed by atoms with van der Waals surface area (Å²) in [5, 5.41) is 10.4. The number of carbonyl (C=O) groups is 2. The minimum atomic E-state index is -1.26. The lowest BCUT2D eigenvalue weighted by atomic mass is 10.0. The van der Waals surface area contributed by atoms with Gasteiger partial charge in [0, 0.05) is 16.5 Å². The molecule has 0 unspecified atom stereocenters. The second-order valence-electron chi connectivity index (χ2n) is 6.62. The van der Waals surface area contributed by atoms with Crippen LogP contribution >= 0.6 is 11.6 Å². The zero-order valence-corrected chi connectivity index (χ0v) is 16.9. The van der Waals surface area contributed by atoms with Gasteiger partial charge in [-0.05, 0) is 53.6 Å². The van der Waals surface area contributed by atoms with Crippen LogP contribution < -0.4 is 4.90 Å². The molecule has 6 nitrogen and oxygen atoms in total. The van der Waals surface area contributed by atoms with E-state index in [9.17, 15) is 19.1 Å². The van der Waals surface area contributed by atoms with E-state index < -0.39 is 12.1 Å². The average molecular weight is 440 g/mol. The van der Waals surface area contributed by atoms with Crippen molar-refractivity contribution in [3.63, 3.8) is 0 Å². The Kier molecular flexibility index (Phi) is 5.35. The van der Waals surface area contributed by atoms with Gasteiger partial charge in [-0.15, -0.1) is 0 Å². The van der Waals surface area contributed by atoms with Crippen molar-refractivity contribution in [2.45, 2.75) is 0 Å². The number of furan rings is 1. The lowest BCUT2D eigenvalue weighted by Crippen LogP contribution is -2.27. The summed E-state index contributed by atoms with van der Waals surface area (Å²) in [6.07, 6.45) is -0.831. The minimum absolute atomic E-state index is 0.0431. The fourth-order valence-electron chi connectivity index (χ4n) is 3.23. The molecule has 1 N–H and O–H groups in total. The summed E-state index contributed by atoms with van der Waals surface area (Å²) in [6.45, 7) is 0. The van der Waals surface area contributed by atoms with Crippen LogP contribution in [-0.4, -0.2) is 24.3 Å². The van der Waals surface area contributed by atoms with Crippen molar-refractivity contribution in [1.29, 1.82) is 0 Å². The molecule has 0 aliphatic rings. The van der Waals surface area contributed by atoms with Crippen LogP contribution in [0.2, 0.25) is 5.02 Å². The number of aromatic carboxylic acids is 1. The molecule has 0 aliphatic heterocycles. The highest BCUT2D eigenvalue weighted by Gasteiger charge is 2.27. The lowest BCUT2D eigenvalue weighted by Gasteiger charge is -2.20. The Morgan fingerprint density at radius 2 is 1.71 bits per heavy atom. The van der Waals surface area contributed by atoms with Crippen LogP contribution in [0.4, 0.5) is 20.8 Å². The van der Waals surface area contributed by atoms with E-state index in [0.717, 1.165) is 16.0 Å². The number of benzene rings is 3. The standard InChI is InChI=1S/C23H15ClFNO5/c1-30-23(29)26(19-8-5-16(24)12-18(19)22(27)28)21-11-15-10-14(4-9-20(15)31-21)13-2-6-17(25)7-3-13/h2-12H,1H3,(H,27,28). The van der Waals surface area contributed by atoms with E-state index in [2.05, 4.69) is 0 Å². The van der Waals surface area contributed by atoms with Crippen molar-refractivity contribution in [2.75, 3.05) is 12.0 Å². The molecule has 0 saturated heterocycles. The average Bonchev–Trinajstić information content (AvgIpc) is 3.17. The molecule has 31 heavy (non-hydrogen) atoms. The summed E-state index contributed by atoms with van der Waals surface area (Å²) in [5.74, 6) is -1.52. The smallest absolute Gasteiger partial charge is 0.421 e. The minimum Gasteiger partial charge on any atom is -0.478 e. The largest absolute Gasteiger partial charge is 0.478 e. The molecule has 1 aromatic heterocycles. The zero-order valence-electron chi connectivity index (χ0n) is 16.1. The summed E-state index contributed by atoms with van der Waals surface area (Å²) in [5.41, 5.74) is 1.96. The quantitative estimate of drug-likeness (QED) is 0.393. The fraction of sp³-hybridized carbons (Fsp3) is 0.0435. The molecule has 0 aliphatic carbocycles. The van der Waals surface area contributed by atoms with E-state index in [-0.39, 0.29) is 28.0 Å². The van der Waals surface area contributed by atoms with Crippen LogP contribution in [0.5, 0.6) is 0 Å². The summed E-state index contributed by atoms with van der Waals surface area (Å²) in [4.78, 5) is 25.3. The molecular weight excluding hydrogens is 425 g/mol. The first-order valence-electron chi connectivity index (χ1n) is 9.08. The number of hydrogen-bond acceptors (Lipinski definition) is 4. The molecule has 0 spiro atoms. The maximum absolute atomic E-state index is 13.2. The molecule has 3 aromatic carbocycles. The zero-order chi connectivity index (χ0) is 22.1. The molecule has 1 heterocycles. The molecule has 0 atom stereocenters. The Morgan fingerprint density at radius 1 is 1.00 bits per heavy atom. The molecule has 4 rings (SSSR count). The Morgan fingerprint density at radius 3 is 2.39 bits per heavy atom. The number of fused-ring (bicyclic) bond motifs is 1.